The van der Waals surface area contributed by atoms with Crippen molar-refractivity contribution in [2.45, 2.75) is 40.5 Å². The molecule has 1 heteroatoms. The van der Waals surface area contributed by atoms with E-state index in [1.54, 1.807) is 5.57 Å². The largest absolute Gasteiger partial charge is 0.361 e. The highest BCUT2D eigenvalue weighted by Crippen LogP contribution is 2.27. The highest BCUT2D eigenvalue weighted by atomic mass is 14.7. The monoisotopic (exact) mass is 191 g/mol. The third-order valence-electron chi connectivity index (χ3n) is 2.74. The third kappa shape index (κ3) is 2.28. The number of hydrogen-bond donors (Lipinski definition) is 1. The summed E-state index contributed by atoms with van der Waals surface area (Å²) in [5, 5.41) is 0. The van der Waals surface area contributed by atoms with Gasteiger partial charge in [0.1, 0.15) is 0 Å². The molecule has 1 heterocycles. The van der Waals surface area contributed by atoms with Crippen LogP contribution < -0.4 is 0 Å². The fraction of sp³-hybridized carbons (Fsp3) is 0.538. The second-order valence-electron chi connectivity index (χ2n) is 3.95. The predicted molar refractivity (Wildman–Crippen MR) is 63.1 cm³/mol. The first-order valence-electron chi connectivity index (χ1n) is 5.56. The van der Waals surface area contributed by atoms with E-state index in [1.807, 2.05) is 6.20 Å². The summed E-state index contributed by atoms with van der Waals surface area (Å²) in [5.41, 5.74) is 4.36. The number of nitrogens with one attached hydrogen (secondary N) is 1. The van der Waals surface area contributed by atoms with Crippen molar-refractivity contribution in [1.82, 2.24) is 4.98 Å². The molecule has 0 bridgehead atoms. The molecule has 1 rings (SSSR count). The third-order valence-corrected chi connectivity index (χ3v) is 2.74. The van der Waals surface area contributed by atoms with Gasteiger partial charge in [-0.25, -0.2) is 0 Å². The lowest BCUT2D eigenvalue weighted by Crippen LogP contribution is -1.98. The molecule has 78 valence electrons. The van der Waals surface area contributed by atoms with Crippen LogP contribution in [0.25, 0.3) is 5.57 Å². The molecule has 0 saturated carbocycles. The van der Waals surface area contributed by atoms with Crippen LogP contribution in [0.4, 0.5) is 0 Å². The molecular weight excluding hydrogens is 170 g/mol. The van der Waals surface area contributed by atoms with E-state index < -0.39 is 0 Å². The molecule has 0 aliphatic carbocycles. The Bertz CT molecular complexity index is 291. The van der Waals surface area contributed by atoms with Gasteiger partial charge in [0.2, 0.25) is 0 Å². The predicted octanol–water partition coefficient (Wildman–Crippen LogP) is 4.24. The Labute approximate surface area is 87.2 Å². The quantitative estimate of drug-likeness (QED) is 0.732. The molecule has 1 nitrogen and oxygen atoms in total. The first-order valence-corrected chi connectivity index (χ1v) is 5.56. The zero-order chi connectivity index (χ0) is 10.6. The van der Waals surface area contributed by atoms with Gasteiger partial charge in [0.25, 0.3) is 0 Å². The molecule has 0 amide bonds. The summed E-state index contributed by atoms with van der Waals surface area (Å²) in [4.78, 5) is 3.30. The Morgan fingerprint density at radius 2 is 2.00 bits per heavy atom. The van der Waals surface area contributed by atoms with Crippen LogP contribution >= 0.6 is 0 Å². The summed E-state index contributed by atoms with van der Waals surface area (Å²) in [5.74, 6) is 0.651. The van der Waals surface area contributed by atoms with Gasteiger partial charge in [-0.15, -0.1) is 0 Å². The fourth-order valence-electron chi connectivity index (χ4n) is 2.08. The van der Waals surface area contributed by atoms with Crippen molar-refractivity contribution in [3.05, 3.63) is 29.6 Å². The lowest BCUT2D eigenvalue weighted by Gasteiger charge is -2.15. The van der Waals surface area contributed by atoms with Crippen LogP contribution in [0, 0.1) is 5.92 Å². The van der Waals surface area contributed by atoms with E-state index in [0.29, 0.717) is 5.92 Å². The normalized spacial score (nSPS) is 13.2. The fourth-order valence-corrected chi connectivity index (χ4v) is 2.08. The molecule has 1 aromatic rings. The first kappa shape index (κ1) is 11.1. The molecule has 0 radical (unpaired) electrons. The van der Waals surface area contributed by atoms with Gasteiger partial charge < -0.3 is 4.98 Å². The SMILES string of the molecule is CC/C(=C(\CC)C(C)C)c1ccc[nH]1. The summed E-state index contributed by atoms with van der Waals surface area (Å²) >= 11 is 0. The van der Waals surface area contributed by atoms with E-state index in [2.05, 4.69) is 44.8 Å². The molecule has 1 N–H and O–H groups in total. The minimum Gasteiger partial charge on any atom is -0.361 e. The maximum absolute atomic E-state index is 3.30. The van der Waals surface area contributed by atoms with E-state index in [0.717, 1.165) is 12.8 Å². The van der Waals surface area contributed by atoms with Crippen LogP contribution in [-0.4, -0.2) is 4.98 Å². The minimum absolute atomic E-state index is 0.651. The number of rotatable bonds is 4. The smallest absolute Gasteiger partial charge is 0.0412 e. The molecule has 0 aliphatic heterocycles. The van der Waals surface area contributed by atoms with Gasteiger partial charge in [0.05, 0.1) is 0 Å². The van der Waals surface area contributed by atoms with Crippen LogP contribution in [0.2, 0.25) is 0 Å². The van der Waals surface area contributed by atoms with Gasteiger partial charge in [0, 0.05) is 11.9 Å². The van der Waals surface area contributed by atoms with E-state index in [9.17, 15) is 0 Å². The molecular formula is C13H21N. The molecule has 0 unspecified atom stereocenters. The molecule has 0 fully saturated rings. The van der Waals surface area contributed by atoms with Crippen molar-refractivity contribution in [3.63, 3.8) is 0 Å². The lowest BCUT2D eigenvalue weighted by atomic mass is 9.92. The van der Waals surface area contributed by atoms with Gasteiger partial charge in [0.15, 0.2) is 0 Å². The highest BCUT2D eigenvalue weighted by molar-refractivity contribution is 5.66. The van der Waals surface area contributed by atoms with E-state index in [1.165, 1.54) is 11.3 Å². The Morgan fingerprint density at radius 1 is 1.29 bits per heavy atom. The van der Waals surface area contributed by atoms with Crippen LogP contribution in [-0.2, 0) is 0 Å². The molecule has 14 heavy (non-hydrogen) atoms. The van der Waals surface area contributed by atoms with E-state index >= 15 is 0 Å². The van der Waals surface area contributed by atoms with Gasteiger partial charge in [-0.3, -0.25) is 0 Å². The molecule has 1 aromatic heterocycles. The van der Waals surface area contributed by atoms with Gasteiger partial charge >= 0.3 is 0 Å². The maximum Gasteiger partial charge on any atom is 0.0412 e. The second kappa shape index (κ2) is 5.04. The average molecular weight is 191 g/mol. The number of aromatic nitrogens is 1. The topological polar surface area (TPSA) is 15.8 Å². The zero-order valence-electron chi connectivity index (χ0n) is 9.72. The van der Waals surface area contributed by atoms with Gasteiger partial charge in [-0.1, -0.05) is 33.3 Å². The molecule has 0 saturated heterocycles. The van der Waals surface area contributed by atoms with Crippen molar-refractivity contribution >= 4 is 5.57 Å². The summed E-state index contributed by atoms with van der Waals surface area (Å²) in [6, 6.07) is 4.23. The van der Waals surface area contributed by atoms with Crippen molar-refractivity contribution in [2.24, 2.45) is 5.92 Å². The summed E-state index contributed by atoms with van der Waals surface area (Å²) in [7, 11) is 0. The van der Waals surface area contributed by atoms with Crippen molar-refractivity contribution in [2.75, 3.05) is 0 Å². The number of aromatic amines is 1. The molecule has 0 aliphatic rings. The van der Waals surface area contributed by atoms with Crippen LogP contribution in [0.5, 0.6) is 0 Å². The lowest BCUT2D eigenvalue weighted by molar-refractivity contribution is 0.730. The highest BCUT2D eigenvalue weighted by Gasteiger charge is 2.09. The first-order chi connectivity index (χ1) is 6.70. The molecule has 0 spiro atoms. The second-order valence-corrected chi connectivity index (χ2v) is 3.95. The van der Waals surface area contributed by atoms with Gasteiger partial charge in [-0.2, -0.15) is 0 Å². The minimum atomic E-state index is 0.651. The Hall–Kier alpha value is -0.980. The average Bonchev–Trinajstić information content (AvgIpc) is 2.65. The molecule has 0 atom stereocenters. The van der Waals surface area contributed by atoms with Crippen LogP contribution in [0.1, 0.15) is 46.2 Å². The van der Waals surface area contributed by atoms with Crippen molar-refractivity contribution in [1.29, 1.82) is 0 Å². The van der Waals surface area contributed by atoms with Gasteiger partial charge in [-0.05, 0) is 36.5 Å². The van der Waals surface area contributed by atoms with Crippen LogP contribution in [0.3, 0.4) is 0 Å². The van der Waals surface area contributed by atoms with Crippen molar-refractivity contribution < 1.29 is 0 Å². The number of allylic oxidation sites excluding steroid dienone is 2. The standard InChI is InChI=1S/C13H21N/c1-5-11(10(3)4)12(6-2)13-8-7-9-14-13/h7-10,14H,5-6H2,1-4H3/b12-11-. The Balaban J connectivity index is 3.10. The molecule has 0 aromatic carbocycles. The van der Waals surface area contributed by atoms with Crippen molar-refractivity contribution in [3.8, 4) is 0 Å². The Morgan fingerprint density at radius 3 is 2.36 bits per heavy atom. The van der Waals surface area contributed by atoms with E-state index in [4.69, 9.17) is 0 Å². The number of H-pyrrole nitrogens is 1. The Kier molecular flexibility index (Phi) is 3.99. The summed E-state index contributed by atoms with van der Waals surface area (Å²) in [6.45, 7) is 9.02. The maximum atomic E-state index is 3.30. The zero-order valence-corrected chi connectivity index (χ0v) is 9.72. The number of hydrogen-bond acceptors (Lipinski definition) is 0. The summed E-state index contributed by atoms with van der Waals surface area (Å²) in [6.07, 6.45) is 4.26. The van der Waals surface area contributed by atoms with Crippen LogP contribution in [0.15, 0.2) is 23.9 Å². The summed E-state index contributed by atoms with van der Waals surface area (Å²) < 4.78 is 0. The van der Waals surface area contributed by atoms with E-state index in [-0.39, 0.29) is 0 Å².